The summed E-state index contributed by atoms with van der Waals surface area (Å²) in [5.74, 6) is 0.266. The molecule has 1 rings (SSSR count). The van der Waals surface area contributed by atoms with Gasteiger partial charge in [-0.2, -0.15) is 5.10 Å². The number of carbonyl (C=O) groups excluding carboxylic acids is 2. The zero-order valence-electron chi connectivity index (χ0n) is 13.1. The zero-order valence-corrected chi connectivity index (χ0v) is 13.9. The molecule has 6 nitrogen and oxygen atoms in total. The number of likely N-dealkylation sites (N-methyl/N-ethyl adjacent to an activating group) is 1. The SMILES string of the molecule is C/C=N/N(C)C(CC(=O)OC)C(=O)Sc1ccc(OC)cc1. The smallest absolute Gasteiger partial charge is 0.308 e. The van der Waals surface area contributed by atoms with Crippen LogP contribution in [0.4, 0.5) is 0 Å². The van der Waals surface area contributed by atoms with Gasteiger partial charge in [0.05, 0.1) is 20.6 Å². The van der Waals surface area contributed by atoms with E-state index in [0.717, 1.165) is 22.4 Å². The third kappa shape index (κ3) is 5.40. The Morgan fingerprint density at radius 2 is 1.95 bits per heavy atom. The van der Waals surface area contributed by atoms with Gasteiger partial charge < -0.3 is 9.47 Å². The number of ether oxygens (including phenoxy) is 2. The van der Waals surface area contributed by atoms with Gasteiger partial charge in [0.15, 0.2) is 0 Å². The molecule has 120 valence electrons. The van der Waals surface area contributed by atoms with Gasteiger partial charge in [0, 0.05) is 18.2 Å². The zero-order chi connectivity index (χ0) is 16.5. The average Bonchev–Trinajstić information content (AvgIpc) is 2.53. The number of esters is 1. The molecule has 1 aromatic carbocycles. The van der Waals surface area contributed by atoms with Crippen LogP contribution in [0.5, 0.6) is 5.75 Å². The summed E-state index contributed by atoms with van der Waals surface area (Å²) >= 11 is 1.06. The summed E-state index contributed by atoms with van der Waals surface area (Å²) in [4.78, 5) is 24.7. The monoisotopic (exact) mass is 324 g/mol. The molecule has 0 amide bonds. The van der Waals surface area contributed by atoms with Crippen molar-refractivity contribution in [3.05, 3.63) is 24.3 Å². The molecule has 0 spiro atoms. The second-order valence-corrected chi connectivity index (χ2v) is 5.42. The minimum Gasteiger partial charge on any atom is -0.497 e. The Balaban J connectivity index is 2.83. The molecule has 0 aliphatic rings. The largest absolute Gasteiger partial charge is 0.497 e. The van der Waals surface area contributed by atoms with Crippen molar-refractivity contribution in [2.45, 2.75) is 24.3 Å². The molecule has 0 saturated heterocycles. The highest BCUT2D eigenvalue weighted by atomic mass is 32.2. The molecule has 22 heavy (non-hydrogen) atoms. The van der Waals surface area contributed by atoms with Gasteiger partial charge in [-0.1, -0.05) is 0 Å². The Labute approximate surface area is 134 Å². The third-order valence-corrected chi connectivity index (χ3v) is 3.87. The molecule has 0 radical (unpaired) electrons. The van der Waals surface area contributed by atoms with Crippen molar-refractivity contribution in [1.29, 1.82) is 0 Å². The lowest BCUT2D eigenvalue weighted by molar-refractivity contribution is -0.143. The van der Waals surface area contributed by atoms with Crippen LogP contribution in [0.1, 0.15) is 13.3 Å². The molecule has 0 aliphatic carbocycles. The molecule has 1 unspecified atom stereocenters. The first-order valence-corrected chi connectivity index (χ1v) is 7.47. The molecule has 7 heteroatoms. The molecule has 0 saturated carbocycles. The van der Waals surface area contributed by atoms with Crippen LogP contribution in [0.2, 0.25) is 0 Å². The van der Waals surface area contributed by atoms with E-state index in [9.17, 15) is 9.59 Å². The lowest BCUT2D eigenvalue weighted by Gasteiger charge is -2.22. The first-order valence-electron chi connectivity index (χ1n) is 6.65. The number of carbonyl (C=O) groups is 2. The standard InChI is InChI=1S/C15H20N2O4S/c1-5-16-17(2)13(10-14(18)21-4)15(19)22-12-8-6-11(20-3)7-9-12/h5-9,13H,10H2,1-4H3/b16-5+. The minimum absolute atomic E-state index is 0.0493. The number of methoxy groups -OCH3 is 2. The van der Waals surface area contributed by atoms with E-state index >= 15 is 0 Å². The van der Waals surface area contributed by atoms with Crippen LogP contribution in [0.3, 0.4) is 0 Å². The Kier molecular flexibility index (Phi) is 7.45. The van der Waals surface area contributed by atoms with Crippen LogP contribution in [-0.4, -0.2) is 49.6 Å². The Bertz CT molecular complexity index is 531. The van der Waals surface area contributed by atoms with Crippen LogP contribution in [0.25, 0.3) is 0 Å². The molecule has 0 aliphatic heterocycles. The minimum atomic E-state index is -0.684. The van der Waals surface area contributed by atoms with Gasteiger partial charge in [-0.05, 0) is 43.0 Å². The van der Waals surface area contributed by atoms with Crippen molar-refractivity contribution in [3.63, 3.8) is 0 Å². The second kappa shape index (κ2) is 9.09. The molecule has 0 bridgehead atoms. The van der Waals surface area contributed by atoms with Crippen LogP contribution < -0.4 is 4.74 Å². The maximum atomic E-state index is 12.4. The van der Waals surface area contributed by atoms with Crippen molar-refractivity contribution in [2.75, 3.05) is 21.3 Å². The molecule has 1 aromatic rings. The van der Waals surface area contributed by atoms with E-state index in [-0.39, 0.29) is 11.5 Å². The molecule has 0 aromatic heterocycles. The first-order chi connectivity index (χ1) is 10.5. The van der Waals surface area contributed by atoms with Crippen LogP contribution in [0.15, 0.2) is 34.3 Å². The molecule has 0 N–H and O–H groups in total. The van der Waals surface area contributed by atoms with Gasteiger partial charge in [-0.15, -0.1) is 0 Å². The number of thioether (sulfide) groups is 1. The molecular weight excluding hydrogens is 304 g/mol. The fourth-order valence-electron chi connectivity index (χ4n) is 1.70. The van der Waals surface area contributed by atoms with E-state index in [2.05, 4.69) is 9.84 Å². The lowest BCUT2D eigenvalue weighted by Crippen LogP contribution is -2.36. The fourth-order valence-corrected chi connectivity index (χ4v) is 2.58. The van der Waals surface area contributed by atoms with E-state index in [4.69, 9.17) is 4.74 Å². The van der Waals surface area contributed by atoms with Crippen LogP contribution >= 0.6 is 11.8 Å². The maximum absolute atomic E-state index is 12.4. The number of nitrogens with zero attached hydrogens (tertiary/aromatic N) is 2. The summed E-state index contributed by atoms with van der Waals surface area (Å²) < 4.78 is 9.72. The quantitative estimate of drug-likeness (QED) is 0.331. The highest BCUT2D eigenvalue weighted by molar-refractivity contribution is 8.13. The number of hydrogen-bond donors (Lipinski definition) is 0. The average molecular weight is 324 g/mol. The number of rotatable bonds is 7. The Morgan fingerprint density at radius 1 is 1.32 bits per heavy atom. The lowest BCUT2D eigenvalue weighted by atomic mass is 10.2. The third-order valence-electron chi connectivity index (χ3n) is 2.89. The summed E-state index contributed by atoms with van der Waals surface area (Å²) in [7, 11) is 4.53. The summed E-state index contributed by atoms with van der Waals surface area (Å²) in [5.41, 5.74) is 0. The van der Waals surface area contributed by atoms with Crippen molar-refractivity contribution in [2.24, 2.45) is 5.10 Å². The Hall–Kier alpha value is -2.02. The van der Waals surface area contributed by atoms with Crippen molar-refractivity contribution in [1.82, 2.24) is 5.01 Å². The van der Waals surface area contributed by atoms with E-state index in [1.54, 1.807) is 51.6 Å². The normalized spacial score (nSPS) is 12.0. The van der Waals surface area contributed by atoms with E-state index in [0.29, 0.717) is 0 Å². The predicted octanol–water partition coefficient (Wildman–Crippen LogP) is 2.18. The topological polar surface area (TPSA) is 68.2 Å². The highest BCUT2D eigenvalue weighted by Gasteiger charge is 2.26. The summed E-state index contributed by atoms with van der Waals surface area (Å²) in [6.45, 7) is 1.74. The van der Waals surface area contributed by atoms with Crippen LogP contribution in [-0.2, 0) is 14.3 Å². The van der Waals surface area contributed by atoms with E-state index < -0.39 is 12.0 Å². The molecule has 0 fully saturated rings. The van der Waals surface area contributed by atoms with E-state index in [1.165, 1.54) is 12.1 Å². The first kappa shape index (κ1) is 18.0. The Morgan fingerprint density at radius 3 is 2.45 bits per heavy atom. The van der Waals surface area contributed by atoms with Gasteiger partial charge in [0.1, 0.15) is 11.8 Å². The molecular formula is C15H20N2O4S. The van der Waals surface area contributed by atoms with Crippen LogP contribution in [0, 0.1) is 0 Å². The predicted molar refractivity (Wildman–Crippen MR) is 86.2 cm³/mol. The van der Waals surface area contributed by atoms with Gasteiger partial charge in [0.25, 0.3) is 0 Å². The summed E-state index contributed by atoms with van der Waals surface area (Å²) in [6.07, 6.45) is 1.52. The fraction of sp³-hybridized carbons (Fsp3) is 0.400. The highest BCUT2D eigenvalue weighted by Crippen LogP contribution is 2.25. The van der Waals surface area contributed by atoms with Crippen molar-refractivity contribution in [3.8, 4) is 5.75 Å². The summed E-state index contributed by atoms with van der Waals surface area (Å²) in [6, 6.07) is 6.45. The van der Waals surface area contributed by atoms with Gasteiger partial charge in [-0.25, -0.2) is 0 Å². The number of hydrogen-bond acceptors (Lipinski definition) is 7. The van der Waals surface area contributed by atoms with Gasteiger partial charge in [-0.3, -0.25) is 14.6 Å². The van der Waals surface area contributed by atoms with Gasteiger partial charge in [0.2, 0.25) is 5.12 Å². The van der Waals surface area contributed by atoms with Crippen molar-refractivity contribution >= 4 is 29.1 Å². The van der Waals surface area contributed by atoms with E-state index in [1.807, 2.05) is 0 Å². The molecule has 0 heterocycles. The maximum Gasteiger partial charge on any atom is 0.308 e. The molecule has 1 atom stereocenters. The number of benzene rings is 1. The van der Waals surface area contributed by atoms with Crippen molar-refractivity contribution < 1.29 is 19.1 Å². The van der Waals surface area contributed by atoms with Gasteiger partial charge >= 0.3 is 5.97 Å². The summed E-state index contributed by atoms with van der Waals surface area (Å²) in [5, 5.41) is 5.34. The second-order valence-electron chi connectivity index (χ2n) is 4.34. The number of hydrazone groups is 1.